The van der Waals surface area contributed by atoms with Crippen LogP contribution in [0, 0.1) is 16.9 Å². The van der Waals surface area contributed by atoms with E-state index in [1.54, 1.807) is 17.0 Å². The van der Waals surface area contributed by atoms with Gasteiger partial charge < -0.3 is 5.32 Å². The molecule has 1 aliphatic heterocycles. The molecule has 2 heterocycles. The second-order valence-corrected chi connectivity index (χ2v) is 7.82. The molecule has 0 spiro atoms. The minimum atomic E-state index is -0.429. The van der Waals surface area contributed by atoms with Gasteiger partial charge in [0.25, 0.3) is 0 Å². The van der Waals surface area contributed by atoms with Gasteiger partial charge in [-0.3, -0.25) is 9.69 Å². The molecule has 0 radical (unpaired) electrons. The number of hydrogen-bond acceptors (Lipinski definition) is 6. The number of tetrazole rings is 1. The van der Waals surface area contributed by atoms with Crippen LogP contribution in [-0.2, 0) is 4.79 Å². The van der Waals surface area contributed by atoms with Crippen molar-refractivity contribution in [2.24, 2.45) is 5.41 Å². The van der Waals surface area contributed by atoms with Gasteiger partial charge in [0.2, 0.25) is 11.7 Å². The molecule has 136 valence electrons. The lowest BCUT2D eigenvalue weighted by atomic mass is 9.87. The van der Waals surface area contributed by atoms with E-state index in [2.05, 4.69) is 52.9 Å². The van der Waals surface area contributed by atoms with Crippen LogP contribution in [0.5, 0.6) is 0 Å². The molecule has 1 fully saturated rings. The Morgan fingerprint density at radius 3 is 2.88 bits per heavy atom. The van der Waals surface area contributed by atoms with Gasteiger partial charge in [0.05, 0.1) is 0 Å². The number of nitriles is 1. The van der Waals surface area contributed by atoms with Gasteiger partial charge in [0.15, 0.2) is 6.19 Å². The minimum absolute atomic E-state index is 0.112. The smallest absolute Gasteiger partial charge is 0.247 e. The van der Waals surface area contributed by atoms with Crippen molar-refractivity contribution in [3.8, 4) is 17.6 Å². The van der Waals surface area contributed by atoms with E-state index in [-0.39, 0.29) is 17.4 Å². The fourth-order valence-corrected chi connectivity index (χ4v) is 3.44. The Kier molecular flexibility index (Phi) is 4.89. The van der Waals surface area contributed by atoms with Crippen LogP contribution in [0.1, 0.15) is 40.0 Å². The molecular formula is C18H23N7O. The van der Waals surface area contributed by atoms with Crippen LogP contribution in [0.25, 0.3) is 11.4 Å². The zero-order chi connectivity index (χ0) is 18.7. The molecule has 0 aliphatic carbocycles. The Morgan fingerprint density at radius 2 is 2.23 bits per heavy atom. The van der Waals surface area contributed by atoms with E-state index < -0.39 is 6.04 Å². The largest absolute Gasteiger partial charge is 0.324 e. The molecule has 2 N–H and O–H groups in total. The van der Waals surface area contributed by atoms with Crippen LogP contribution in [0.4, 0.5) is 5.69 Å². The van der Waals surface area contributed by atoms with Gasteiger partial charge in [-0.25, -0.2) is 0 Å². The van der Waals surface area contributed by atoms with Crippen LogP contribution in [-0.4, -0.2) is 43.5 Å². The van der Waals surface area contributed by atoms with E-state index >= 15 is 0 Å². The summed E-state index contributed by atoms with van der Waals surface area (Å²) < 4.78 is 0. The van der Waals surface area contributed by atoms with Crippen molar-refractivity contribution >= 4 is 11.6 Å². The lowest BCUT2D eigenvalue weighted by Gasteiger charge is -2.29. The highest BCUT2D eigenvalue weighted by atomic mass is 16.2. The van der Waals surface area contributed by atoms with E-state index in [1.807, 2.05) is 12.1 Å². The highest BCUT2D eigenvalue weighted by Gasteiger charge is 2.39. The predicted octanol–water partition coefficient (Wildman–Crippen LogP) is 2.56. The van der Waals surface area contributed by atoms with Gasteiger partial charge in [-0.1, -0.05) is 32.9 Å². The molecule has 8 nitrogen and oxygen atoms in total. The first-order valence-corrected chi connectivity index (χ1v) is 8.70. The summed E-state index contributed by atoms with van der Waals surface area (Å²) >= 11 is 0. The summed E-state index contributed by atoms with van der Waals surface area (Å²) in [7, 11) is 0. The van der Waals surface area contributed by atoms with Crippen molar-refractivity contribution in [2.75, 3.05) is 5.32 Å². The Morgan fingerprint density at radius 1 is 1.42 bits per heavy atom. The molecule has 1 aromatic carbocycles. The fourth-order valence-electron chi connectivity index (χ4n) is 3.44. The molecule has 1 aromatic heterocycles. The van der Waals surface area contributed by atoms with Crippen molar-refractivity contribution < 1.29 is 4.79 Å². The number of aromatic amines is 1. The number of hydrogen-bond donors (Lipinski definition) is 2. The summed E-state index contributed by atoms with van der Waals surface area (Å²) in [5.74, 6) is 0.305. The number of aromatic nitrogens is 4. The summed E-state index contributed by atoms with van der Waals surface area (Å²) in [6.45, 7) is 6.46. The van der Waals surface area contributed by atoms with Crippen molar-refractivity contribution in [3.05, 3.63) is 24.3 Å². The first kappa shape index (κ1) is 17.9. The summed E-state index contributed by atoms with van der Waals surface area (Å²) in [5, 5.41) is 26.3. The maximum absolute atomic E-state index is 12.7. The molecule has 1 amide bonds. The average Bonchev–Trinajstić information content (AvgIpc) is 3.23. The number of nitrogens with one attached hydrogen (secondary N) is 2. The molecule has 2 unspecified atom stereocenters. The lowest BCUT2D eigenvalue weighted by Crippen LogP contribution is -2.41. The minimum Gasteiger partial charge on any atom is -0.324 e. The Bertz CT molecular complexity index is 804. The quantitative estimate of drug-likeness (QED) is 0.817. The lowest BCUT2D eigenvalue weighted by molar-refractivity contribution is -0.119. The molecule has 3 rings (SSSR count). The number of carbonyl (C=O) groups excluding carboxylic acids is 1. The van der Waals surface area contributed by atoms with Crippen LogP contribution >= 0.6 is 0 Å². The third-order valence-electron chi connectivity index (χ3n) is 4.50. The zero-order valence-electron chi connectivity index (χ0n) is 15.2. The number of rotatable bonds is 4. The van der Waals surface area contributed by atoms with Gasteiger partial charge in [-0.05, 0) is 42.0 Å². The Hall–Kier alpha value is -2.95. The maximum Gasteiger partial charge on any atom is 0.247 e. The molecule has 1 saturated heterocycles. The Balaban J connectivity index is 1.70. The van der Waals surface area contributed by atoms with Crippen LogP contribution < -0.4 is 5.32 Å². The third kappa shape index (κ3) is 3.99. The molecule has 8 heteroatoms. The summed E-state index contributed by atoms with van der Waals surface area (Å²) in [6, 6.07) is 6.95. The molecule has 0 bridgehead atoms. The SMILES string of the molecule is CC(C)(C)CC1CCC(C(=O)Nc2cccc(-c3nn[nH]n3)c2)N1C#N. The highest BCUT2D eigenvalue weighted by Crippen LogP contribution is 2.33. The average molecular weight is 353 g/mol. The summed E-state index contributed by atoms with van der Waals surface area (Å²) in [5.41, 5.74) is 1.52. The topological polar surface area (TPSA) is 111 Å². The maximum atomic E-state index is 12.7. The molecule has 2 aromatic rings. The van der Waals surface area contributed by atoms with Gasteiger partial charge >= 0.3 is 0 Å². The van der Waals surface area contributed by atoms with Crippen molar-refractivity contribution in [3.63, 3.8) is 0 Å². The van der Waals surface area contributed by atoms with E-state index in [9.17, 15) is 10.1 Å². The van der Waals surface area contributed by atoms with Crippen molar-refractivity contribution in [1.29, 1.82) is 5.26 Å². The van der Waals surface area contributed by atoms with E-state index in [1.165, 1.54) is 0 Å². The Labute approximate surface area is 152 Å². The monoisotopic (exact) mass is 353 g/mol. The van der Waals surface area contributed by atoms with E-state index in [0.717, 1.165) is 18.4 Å². The normalized spacial score (nSPS) is 20.0. The number of likely N-dealkylation sites (tertiary alicyclic amines) is 1. The zero-order valence-corrected chi connectivity index (χ0v) is 15.2. The standard InChI is InChI=1S/C18H23N7O/c1-18(2,3)10-14-7-8-15(25(14)11-19)17(26)20-13-6-4-5-12(9-13)16-21-23-24-22-16/h4-6,9,14-15H,7-8,10H2,1-3H3,(H,20,26)(H,21,22,23,24). The van der Waals surface area contributed by atoms with Crippen molar-refractivity contribution in [2.45, 2.75) is 52.1 Å². The highest BCUT2D eigenvalue weighted by molar-refractivity contribution is 5.95. The third-order valence-corrected chi connectivity index (χ3v) is 4.50. The molecular weight excluding hydrogens is 330 g/mol. The second-order valence-electron chi connectivity index (χ2n) is 7.82. The number of H-pyrrole nitrogens is 1. The van der Waals surface area contributed by atoms with E-state index in [4.69, 9.17) is 0 Å². The van der Waals surface area contributed by atoms with Crippen LogP contribution in [0.3, 0.4) is 0 Å². The summed E-state index contributed by atoms with van der Waals surface area (Å²) in [6.07, 6.45) is 4.65. The molecule has 2 atom stereocenters. The van der Waals surface area contributed by atoms with Gasteiger partial charge in [0.1, 0.15) is 6.04 Å². The van der Waals surface area contributed by atoms with E-state index in [0.29, 0.717) is 17.9 Å². The first-order valence-electron chi connectivity index (χ1n) is 8.70. The van der Waals surface area contributed by atoms with Gasteiger partial charge in [0, 0.05) is 17.3 Å². The fraction of sp³-hybridized carbons (Fsp3) is 0.500. The molecule has 0 saturated carbocycles. The second kappa shape index (κ2) is 7.12. The number of carbonyl (C=O) groups is 1. The van der Waals surface area contributed by atoms with Gasteiger partial charge in [-0.2, -0.15) is 10.5 Å². The van der Waals surface area contributed by atoms with Gasteiger partial charge in [-0.15, -0.1) is 10.2 Å². The van der Waals surface area contributed by atoms with Crippen LogP contribution in [0.15, 0.2) is 24.3 Å². The number of benzene rings is 1. The molecule has 1 aliphatic rings. The number of anilines is 1. The van der Waals surface area contributed by atoms with Crippen LogP contribution in [0.2, 0.25) is 0 Å². The predicted molar refractivity (Wildman–Crippen MR) is 96.6 cm³/mol. The molecule has 26 heavy (non-hydrogen) atoms. The number of nitrogens with zero attached hydrogens (tertiary/aromatic N) is 5. The summed E-state index contributed by atoms with van der Waals surface area (Å²) in [4.78, 5) is 14.4. The number of amides is 1. The van der Waals surface area contributed by atoms with Crippen molar-refractivity contribution in [1.82, 2.24) is 25.5 Å². The first-order chi connectivity index (χ1) is 12.4.